The molecular formula is C33H23NO5. The molecule has 1 heterocycles. The Kier molecular flexibility index (Phi) is 5.30. The molecule has 0 aromatic heterocycles. The van der Waals surface area contributed by atoms with E-state index in [4.69, 9.17) is 4.74 Å². The Hall–Kier alpha value is -4.84. The summed E-state index contributed by atoms with van der Waals surface area (Å²) in [7, 11) is 0. The van der Waals surface area contributed by atoms with Crippen LogP contribution in [-0.2, 0) is 14.3 Å². The van der Waals surface area contributed by atoms with E-state index in [1.54, 1.807) is 42.5 Å². The normalized spacial score (nSPS) is 22.2. The topological polar surface area (TPSA) is 80.8 Å². The van der Waals surface area contributed by atoms with Crippen LogP contribution in [0.4, 0.5) is 5.69 Å². The average Bonchev–Trinajstić information content (AvgIpc) is 3.26. The molecule has 1 saturated heterocycles. The fourth-order valence-corrected chi connectivity index (χ4v) is 6.60. The maximum atomic E-state index is 13.9. The largest absolute Gasteiger partial charge is 0.454 e. The van der Waals surface area contributed by atoms with Crippen molar-refractivity contribution in [1.82, 2.24) is 0 Å². The summed E-state index contributed by atoms with van der Waals surface area (Å²) >= 11 is 0. The van der Waals surface area contributed by atoms with Gasteiger partial charge in [0, 0.05) is 17.4 Å². The maximum absolute atomic E-state index is 13.9. The molecule has 6 heteroatoms. The Labute approximate surface area is 224 Å². The molecule has 1 fully saturated rings. The number of hydrogen-bond acceptors (Lipinski definition) is 5. The first-order chi connectivity index (χ1) is 19.0. The molecule has 3 aliphatic carbocycles. The van der Waals surface area contributed by atoms with Crippen LogP contribution in [-0.4, -0.2) is 30.2 Å². The van der Waals surface area contributed by atoms with E-state index < -0.39 is 17.8 Å². The van der Waals surface area contributed by atoms with Crippen molar-refractivity contribution in [3.63, 3.8) is 0 Å². The van der Waals surface area contributed by atoms with Crippen molar-refractivity contribution in [2.75, 3.05) is 11.5 Å². The number of anilines is 1. The standard InChI is InChI=1S/C33H23NO5/c35-26(19-8-2-1-3-9-19)18-39-33(38)20-14-16-21(17-15-20)34-31(36)29-27-22-10-4-5-11-23(22)28(30(29)32(34)37)25-13-7-6-12-24(25)27/h1-17,27-30H,18H2. The third kappa shape index (κ3) is 3.48. The van der Waals surface area contributed by atoms with Crippen molar-refractivity contribution in [2.45, 2.75) is 11.8 Å². The molecule has 1 aliphatic heterocycles. The molecule has 8 rings (SSSR count). The van der Waals surface area contributed by atoms with Gasteiger partial charge in [-0.05, 0) is 46.5 Å². The van der Waals surface area contributed by atoms with Gasteiger partial charge in [-0.2, -0.15) is 0 Å². The van der Waals surface area contributed by atoms with Gasteiger partial charge in [0.05, 0.1) is 23.1 Å². The monoisotopic (exact) mass is 513 g/mol. The predicted octanol–water partition coefficient (Wildman–Crippen LogP) is 5.12. The molecule has 6 nitrogen and oxygen atoms in total. The average molecular weight is 514 g/mol. The molecule has 190 valence electrons. The number of rotatable bonds is 5. The second-order valence-electron chi connectivity index (χ2n) is 10.2. The van der Waals surface area contributed by atoms with Crippen molar-refractivity contribution in [1.29, 1.82) is 0 Å². The molecular weight excluding hydrogens is 490 g/mol. The number of ether oxygens (including phenoxy) is 1. The molecule has 4 aliphatic rings. The molecule has 0 radical (unpaired) electrons. The zero-order valence-corrected chi connectivity index (χ0v) is 20.8. The van der Waals surface area contributed by atoms with Gasteiger partial charge < -0.3 is 4.74 Å². The van der Waals surface area contributed by atoms with E-state index in [2.05, 4.69) is 24.3 Å². The number of benzene rings is 4. The molecule has 0 saturated carbocycles. The summed E-state index contributed by atoms with van der Waals surface area (Å²) in [6.45, 7) is -0.374. The van der Waals surface area contributed by atoms with Crippen LogP contribution in [0.15, 0.2) is 103 Å². The van der Waals surface area contributed by atoms with E-state index in [0.29, 0.717) is 11.3 Å². The summed E-state index contributed by atoms with van der Waals surface area (Å²) in [4.78, 5) is 53.9. The fourth-order valence-electron chi connectivity index (χ4n) is 6.60. The van der Waals surface area contributed by atoms with Gasteiger partial charge in [0.2, 0.25) is 11.8 Å². The quantitative estimate of drug-likeness (QED) is 0.210. The molecule has 4 aromatic carbocycles. The Morgan fingerprint density at radius 1 is 0.590 bits per heavy atom. The highest BCUT2D eigenvalue weighted by Gasteiger charge is 2.61. The molecule has 39 heavy (non-hydrogen) atoms. The SMILES string of the molecule is O=C(COC(=O)c1ccc(N2C(=O)C3C4c5ccccc5C(c5ccccc54)C3C2=O)cc1)c1ccccc1. The van der Waals surface area contributed by atoms with Crippen LogP contribution in [0.1, 0.15) is 54.8 Å². The van der Waals surface area contributed by atoms with Crippen molar-refractivity contribution in [2.24, 2.45) is 11.8 Å². The van der Waals surface area contributed by atoms with Crippen LogP contribution >= 0.6 is 0 Å². The first-order valence-corrected chi connectivity index (χ1v) is 13.0. The third-order valence-electron chi connectivity index (χ3n) is 8.24. The van der Waals surface area contributed by atoms with Gasteiger partial charge in [-0.15, -0.1) is 0 Å². The van der Waals surface area contributed by atoms with E-state index in [0.717, 1.165) is 22.3 Å². The van der Waals surface area contributed by atoms with Crippen LogP contribution in [0.25, 0.3) is 0 Å². The summed E-state index contributed by atoms with van der Waals surface area (Å²) in [5.74, 6) is -2.67. The first-order valence-electron chi connectivity index (χ1n) is 13.0. The van der Waals surface area contributed by atoms with Gasteiger partial charge in [0.15, 0.2) is 12.4 Å². The number of ketones is 1. The van der Waals surface area contributed by atoms with Gasteiger partial charge in [0.1, 0.15) is 0 Å². The highest BCUT2D eigenvalue weighted by atomic mass is 16.5. The van der Waals surface area contributed by atoms with Crippen molar-refractivity contribution in [3.8, 4) is 0 Å². The van der Waals surface area contributed by atoms with Crippen LogP contribution in [0.3, 0.4) is 0 Å². The molecule has 2 bridgehead atoms. The minimum atomic E-state index is -0.650. The van der Waals surface area contributed by atoms with Gasteiger partial charge in [0.25, 0.3) is 0 Å². The minimum absolute atomic E-state index is 0.176. The van der Waals surface area contributed by atoms with Crippen molar-refractivity contribution >= 4 is 29.3 Å². The number of carbonyl (C=O) groups is 4. The second kappa shape index (κ2) is 8.88. The Morgan fingerprint density at radius 2 is 1.05 bits per heavy atom. The Balaban J connectivity index is 1.15. The van der Waals surface area contributed by atoms with Crippen molar-refractivity contribution in [3.05, 3.63) is 137 Å². The van der Waals surface area contributed by atoms with E-state index in [-0.39, 0.29) is 41.6 Å². The summed E-state index contributed by atoms with van der Waals surface area (Å²) in [5.41, 5.74) is 5.59. The molecule has 2 amide bonds. The van der Waals surface area contributed by atoms with Gasteiger partial charge in [-0.25, -0.2) is 9.69 Å². The smallest absolute Gasteiger partial charge is 0.338 e. The number of carbonyl (C=O) groups excluding carboxylic acids is 4. The third-order valence-corrected chi connectivity index (χ3v) is 8.24. The van der Waals surface area contributed by atoms with E-state index in [1.807, 2.05) is 24.3 Å². The lowest BCUT2D eigenvalue weighted by Crippen LogP contribution is -2.41. The summed E-state index contributed by atoms with van der Waals surface area (Å²) < 4.78 is 5.20. The maximum Gasteiger partial charge on any atom is 0.338 e. The highest BCUT2D eigenvalue weighted by molar-refractivity contribution is 6.23. The van der Waals surface area contributed by atoms with Crippen LogP contribution < -0.4 is 4.90 Å². The van der Waals surface area contributed by atoms with E-state index in [1.165, 1.54) is 17.0 Å². The number of hydrogen-bond donors (Lipinski definition) is 0. The number of nitrogens with zero attached hydrogens (tertiary/aromatic N) is 1. The number of esters is 1. The second-order valence-corrected chi connectivity index (χ2v) is 10.2. The molecule has 0 N–H and O–H groups in total. The molecule has 2 unspecified atom stereocenters. The van der Waals surface area contributed by atoms with Gasteiger partial charge >= 0.3 is 5.97 Å². The lowest BCUT2D eigenvalue weighted by Gasteiger charge is -2.45. The van der Waals surface area contributed by atoms with E-state index in [9.17, 15) is 19.2 Å². The van der Waals surface area contributed by atoms with Crippen molar-refractivity contribution < 1.29 is 23.9 Å². The lowest BCUT2D eigenvalue weighted by molar-refractivity contribution is -0.122. The number of Topliss-reactive ketones (excluding diaryl/α,β-unsaturated/α-hetero) is 1. The predicted molar refractivity (Wildman–Crippen MR) is 144 cm³/mol. The number of amides is 2. The van der Waals surface area contributed by atoms with Crippen LogP contribution in [0, 0.1) is 11.8 Å². The fraction of sp³-hybridized carbons (Fsp3) is 0.152. The summed E-state index contributed by atoms with van der Waals surface area (Å²) in [6, 6.07) is 31.1. The van der Waals surface area contributed by atoms with Gasteiger partial charge in [-0.3, -0.25) is 14.4 Å². The molecule has 0 spiro atoms. The number of imide groups is 1. The first kappa shape index (κ1) is 23.3. The lowest BCUT2D eigenvalue weighted by atomic mass is 9.55. The van der Waals surface area contributed by atoms with Crippen LogP contribution in [0.2, 0.25) is 0 Å². The van der Waals surface area contributed by atoms with Crippen LogP contribution in [0.5, 0.6) is 0 Å². The minimum Gasteiger partial charge on any atom is -0.454 e. The summed E-state index contributed by atoms with van der Waals surface area (Å²) in [6.07, 6.45) is 0. The zero-order chi connectivity index (χ0) is 26.7. The van der Waals surface area contributed by atoms with Gasteiger partial charge in [-0.1, -0.05) is 78.9 Å². The Morgan fingerprint density at radius 3 is 1.54 bits per heavy atom. The molecule has 4 aromatic rings. The zero-order valence-electron chi connectivity index (χ0n) is 20.8. The molecule has 2 atom stereocenters. The highest BCUT2D eigenvalue weighted by Crippen LogP contribution is 2.61. The van der Waals surface area contributed by atoms with E-state index >= 15 is 0 Å². The Bertz CT molecular complexity index is 1540. The summed E-state index contributed by atoms with van der Waals surface area (Å²) in [5, 5.41) is 0.